The summed E-state index contributed by atoms with van der Waals surface area (Å²) in [6.07, 6.45) is 1.68. The molecule has 1 aliphatic rings. The molecule has 0 radical (unpaired) electrons. The van der Waals surface area contributed by atoms with Crippen LogP contribution in [0.2, 0.25) is 0 Å². The number of aryl methyl sites for hydroxylation is 1. The summed E-state index contributed by atoms with van der Waals surface area (Å²) in [5.74, 6) is -0.0649. The third kappa shape index (κ3) is 3.41. The molecule has 0 N–H and O–H groups in total. The highest BCUT2D eigenvalue weighted by atomic mass is 31.0. The zero-order valence-electron chi connectivity index (χ0n) is 16.4. The Bertz CT molecular complexity index is 1270. The molecule has 0 bridgehead atoms. The van der Waals surface area contributed by atoms with Crippen LogP contribution in [0, 0.1) is 6.92 Å². The highest BCUT2D eigenvalue weighted by Crippen LogP contribution is 2.39. The molecule has 1 aromatic carbocycles. The molecular formula is C21H20FN6OP. The van der Waals surface area contributed by atoms with Gasteiger partial charge in [0.1, 0.15) is 17.4 Å². The van der Waals surface area contributed by atoms with E-state index in [-0.39, 0.29) is 24.8 Å². The van der Waals surface area contributed by atoms with Gasteiger partial charge in [0, 0.05) is 23.5 Å². The first-order chi connectivity index (χ1) is 14.4. The fourth-order valence-corrected chi connectivity index (χ4v) is 4.64. The molecule has 0 saturated carbocycles. The van der Waals surface area contributed by atoms with Gasteiger partial charge in [0.15, 0.2) is 0 Å². The van der Waals surface area contributed by atoms with Gasteiger partial charge >= 0.3 is 0 Å². The van der Waals surface area contributed by atoms with Crippen LogP contribution in [0.25, 0.3) is 16.7 Å². The van der Waals surface area contributed by atoms with Crippen molar-refractivity contribution in [3.63, 3.8) is 0 Å². The van der Waals surface area contributed by atoms with Crippen molar-refractivity contribution < 1.29 is 9.18 Å². The van der Waals surface area contributed by atoms with Crippen LogP contribution in [-0.4, -0.2) is 53.9 Å². The van der Waals surface area contributed by atoms with Crippen LogP contribution in [0.15, 0.2) is 48.8 Å². The molecule has 0 spiro atoms. The second kappa shape index (κ2) is 7.06. The number of pyridine rings is 1. The molecule has 0 aliphatic carbocycles. The van der Waals surface area contributed by atoms with Crippen molar-refractivity contribution in [2.45, 2.75) is 24.7 Å². The average Bonchev–Trinajstić information content (AvgIpc) is 3.19. The van der Waals surface area contributed by atoms with E-state index in [4.69, 9.17) is 0 Å². The third-order valence-corrected chi connectivity index (χ3v) is 5.83. The van der Waals surface area contributed by atoms with Crippen LogP contribution in [0.3, 0.4) is 0 Å². The summed E-state index contributed by atoms with van der Waals surface area (Å²) in [5.41, 5.74) is 2.62. The molecule has 3 aromatic heterocycles. The number of para-hydroxylation sites is 1. The predicted octanol–water partition coefficient (Wildman–Crippen LogP) is 3.15. The molecular weight excluding hydrogens is 402 g/mol. The van der Waals surface area contributed by atoms with Crippen molar-refractivity contribution in [3.8, 4) is 0 Å². The second-order valence-corrected chi connectivity index (χ2v) is 8.84. The molecule has 4 aromatic rings. The first kappa shape index (κ1) is 19.0. The topological polar surface area (TPSA) is 76.3 Å². The van der Waals surface area contributed by atoms with E-state index in [2.05, 4.69) is 29.3 Å². The van der Waals surface area contributed by atoms with Crippen molar-refractivity contribution in [1.82, 2.24) is 29.5 Å². The van der Waals surface area contributed by atoms with E-state index in [0.717, 1.165) is 22.3 Å². The molecule has 1 amide bonds. The minimum absolute atomic E-state index is 0.00786. The Morgan fingerprint density at radius 2 is 2.07 bits per heavy atom. The van der Waals surface area contributed by atoms with Gasteiger partial charge in [0.2, 0.25) is 0 Å². The first-order valence-corrected chi connectivity index (χ1v) is 10.3. The van der Waals surface area contributed by atoms with E-state index >= 15 is 4.39 Å². The van der Waals surface area contributed by atoms with Crippen LogP contribution in [0.1, 0.15) is 34.2 Å². The maximum absolute atomic E-state index is 15.3. The second-order valence-electron chi connectivity index (χ2n) is 7.80. The van der Waals surface area contributed by atoms with Crippen molar-refractivity contribution in [2.24, 2.45) is 0 Å². The van der Waals surface area contributed by atoms with Crippen molar-refractivity contribution in [3.05, 3.63) is 65.9 Å². The fourth-order valence-electron chi connectivity index (χ4n) is 4.14. The Morgan fingerprint density at radius 1 is 1.23 bits per heavy atom. The number of hydrogen-bond donors (Lipinski definition) is 0. The van der Waals surface area contributed by atoms with Gasteiger partial charge in [-0.2, -0.15) is 10.1 Å². The maximum Gasteiger partial charge on any atom is 0.272 e. The van der Waals surface area contributed by atoms with Gasteiger partial charge in [0.25, 0.3) is 11.7 Å². The summed E-state index contributed by atoms with van der Waals surface area (Å²) in [5, 5.41) is 3.59. The van der Waals surface area contributed by atoms with Gasteiger partial charge in [-0.05, 0) is 31.5 Å². The number of piperidine rings is 1. The van der Waals surface area contributed by atoms with Crippen molar-refractivity contribution >= 4 is 31.8 Å². The normalized spacial score (nSPS) is 22.0. The van der Waals surface area contributed by atoms with E-state index in [9.17, 15) is 4.79 Å². The van der Waals surface area contributed by atoms with Crippen molar-refractivity contribution in [2.75, 3.05) is 13.1 Å². The number of amides is 1. The largest absolute Gasteiger partial charge is 0.333 e. The number of rotatable bonds is 2. The Kier molecular flexibility index (Phi) is 4.47. The molecule has 5 rings (SSSR count). The van der Waals surface area contributed by atoms with Crippen LogP contribution < -0.4 is 0 Å². The van der Waals surface area contributed by atoms with Gasteiger partial charge in [-0.1, -0.05) is 33.5 Å². The lowest BCUT2D eigenvalue weighted by Gasteiger charge is -2.39. The number of carbonyl (C=O) groups is 1. The lowest BCUT2D eigenvalue weighted by atomic mass is 9.92. The highest BCUT2D eigenvalue weighted by Gasteiger charge is 2.40. The SMILES string of the molecule is Cc1cc(C2CN(C(=O)c3ccc4ccccc4n3)CC(F)(P)C2)n2ncnc2n1. The molecule has 1 fully saturated rings. The smallest absolute Gasteiger partial charge is 0.272 e. The number of fused-ring (bicyclic) bond motifs is 2. The molecule has 7 nitrogen and oxygen atoms in total. The molecule has 3 atom stereocenters. The van der Waals surface area contributed by atoms with Gasteiger partial charge in [-0.3, -0.25) is 4.79 Å². The van der Waals surface area contributed by atoms with Crippen LogP contribution in [0.5, 0.6) is 0 Å². The van der Waals surface area contributed by atoms with E-state index in [1.54, 1.807) is 10.6 Å². The number of likely N-dealkylation sites (tertiary alicyclic amines) is 1. The van der Waals surface area contributed by atoms with Crippen LogP contribution in [-0.2, 0) is 0 Å². The molecule has 152 valence electrons. The summed E-state index contributed by atoms with van der Waals surface area (Å²) in [6.45, 7) is 2.23. The minimum Gasteiger partial charge on any atom is -0.333 e. The van der Waals surface area contributed by atoms with E-state index in [1.165, 1.54) is 11.2 Å². The predicted molar refractivity (Wildman–Crippen MR) is 114 cm³/mol. The van der Waals surface area contributed by atoms with Gasteiger partial charge in [0.05, 0.1) is 17.8 Å². The number of benzene rings is 1. The Labute approximate surface area is 174 Å². The monoisotopic (exact) mass is 422 g/mol. The standard InChI is InChI=1S/C21H20FN6OP/c1-13-8-18(28-20(25-13)23-12-24-28)15-9-21(22,30)11-27(10-15)19(29)17-7-6-14-4-2-3-5-16(14)26-17/h2-8,12,15H,9-11,30H2,1H3. The molecule has 4 heterocycles. The molecule has 3 unspecified atom stereocenters. The van der Waals surface area contributed by atoms with Gasteiger partial charge in [-0.15, -0.1) is 0 Å². The quantitative estimate of drug-likeness (QED) is 0.464. The lowest BCUT2D eigenvalue weighted by Crippen LogP contribution is -2.48. The maximum atomic E-state index is 15.3. The number of alkyl halides is 1. The molecule has 30 heavy (non-hydrogen) atoms. The summed E-state index contributed by atoms with van der Waals surface area (Å²) >= 11 is 0. The molecule has 1 aliphatic heterocycles. The third-order valence-electron chi connectivity index (χ3n) is 5.41. The number of carbonyl (C=O) groups excluding carboxylic acids is 1. The van der Waals surface area contributed by atoms with Gasteiger partial charge < -0.3 is 4.90 Å². The number of nitrogens with zero attached hydrogens (tertiary/aromatic N) is 6. The summed E-state index contributed by atoms with van der Waals surface area (Å²) in [4.78, 5) is 27.8. The zero-order valence-corrected chi connectivity index (χ0v) is 17.5. The molecule has 1 saturated heterocycles. The number of aromatic nitrogens is 5. The fraction of sp³-hybridized carbons (Fsp3) is 0.286. The number of halogens is 1. The summed E-state index contributed by atoms with van der Waals surface area (Å²) in [7, 11) is 2.27. The van der Waals surface area contributed by atoms with Crippen LogP contribution in [0.4, 0.5) is 4.39 Å². The van der Waals surface area contributed by atoms with E-state index in [1.807, 2.05) is 43.3 Å². The van der Waals surface area contributed by atoms with Crippen LogP contribution >= 0.6 is 9.24 Å². The lowest BCUT2D eigenvalue weighted by molar-refractivity contribution is 0.0538. The van der Waals surface area contributed by atoms with E-state index in [0.29, 0.717) is 18.0 Å². The first-order valence-electron chi connectivity index (χ1n) is 9.70. The Morgan fingerprint density at radius 3 is 2.93 bits per heavy atom. The summed E-state index contributed by atoms with van der Waals surface area (Å²) in [6, 6.07) is 13.1. The van der Waals surface area contributed by atoms with Crippen molar-refractivity contribution in [1.29, 1.82) is 0 Å². The Hall–Kier alpha value is -2.99. The minimum atomic E-state index is -1.61. The zero-order chi connectivity index (χ0) is 20.9. The number of hydrogen-bond acceptors (Lipinski definition) is 5. The van der Waals surface area contributed by atoms with E-state index < -0.39 is 5.41 Å². The molecule has 9 heteroatoms. The highest BCUT2D eigenvalue weighted by molar-refractivity contribution is 7.18. The van der Waals surface area contributed by atoms with Gasteiger partial charge in [-0.25, -0.2) is 18.9 Å². The summed E-state index contributed by atoms with van der Waals surface area (Å²) < 4.78 is 16.9. The average molecular weight is 422 g/mol. The Balaban J connectivity index is 1.50.